The molecule has 1 saturated carbocycles. The average Bonchev–Trinajstić information content (AvgIpc) is 2.92. The lowest BCUT2D eigenvalue weighted by molar-refractivity contribution is -0.140. The van der Waals surface area contributed by atoms with Crippen LogP contribution in [0.2, 0.25) is 0 Å². The van der Waals surface area contributed by atoms with Crippen LogP contribution < -0.4 is 0 Å². The van der Waals surface area contributed by atoms with Gasteiger partial charge >= 0.3 is 5.97 Å². The van der Waals surface area contributed by atoms with Gasteiger partial charge in [0.15, 0.2) is 11.5 Å². The monoisotopic (exact) mass is 208 g/mol. The van der Waals surface area contributed by atoms with Gasteiger partial charge in [-0.1, -0.05) is 0 Å². The summed E-state index contributed by atoms with van der Waals surface area (Å²) in [6, 6.07) is 2.75. The highest BCUT2D eigenvalue weighted by molar-refractivity contribution is 5.85. The average molecular weight is 208 g/mol. The number of hydrogen-bond acceptors (Lipinski definition) is 3. The molecule has 0 bridgehead atoms. The lowest BCUT2D eigenvalue weighted by atomic mass is 9.91. The second kappa shape index (κ2) is 2.89. The molecule has 1 aliphatic carbocycles. The highest BCUT2D eigenvalue weighted by Gasteiger charge is 2.52. The van der Waals surface area contributed by atoms with E-state index in [0.717, 1.165) is 0 Å². The van der Waals surface area contributed by atoms with Gasteiger partial charge in [-0.05, 0) is 43.0 Å². The number of benzene rings is 1. The molecule has 4 nitrogen and oxygen atoms in total. The second-order valence-electron chi connectivity index (χ2n) is 4.04. The third-order valence-electron chi connectivity index (χ3n) is 3.00. The van der Waals surface area contributed by atoms with Crippen LogP contribution in [0, 0.1) is 6.92 Å². The highest BCUT2D eigenvalue weighted by Crippen LogP contribution is 2.51. The van der Waals surface area contributed by atoms with Crippen LogP contribution in [0.3, 0.4) is 0 Å². The number of aliphatic carboxylic acids is 1. The minimum absolute atomic E-state index is 0.211. The lowest BCUT2D eigenvalue weighted by Gasteiger charge is -2.14. The van der Waals surface area contributed by atoms with Gasteiger partial charge in [0.05, 0.1) is 5.41 Å². The van der Waals surface area contributed by atoms with E-state index in [-0.39, 0.29) is 11.5 Å². The van der Waals surface area contributed by atoms with E-state index in [4.69, 9.17) is 5.11 Å². The molecule has 0 aliphatic heterocycles. The summed E-state index contributed by atoms with van der Waals surface area (Å²) >= 11 is 0. The Balaban J connectivity index is 2.54. The standard InChI is InChI=1S/C11H12O4/c1-6-4-8(12)9(13)5-7(6)11(2-3-11)10(14)15/h4-5,12-13H,2-3H2,1H3,(H,14,15). The van der Waals surface area contributed by atoms with Gasteiger partial charge in [-0.25, -0.2) is 0 Å². The molecule has 0 heterocycles. The molecule has 1 aliphatic rings. The Bertz CT molecular complexity index is 432. The molecule has 1 aromatic rings. The van der Waals surface area contributed by atoms with E-state index in [1.54, 1.807) is 6.92 Å². The van der Waals surface area contributed by atoms with Gasteiger partial charge in [-0.3, -0.25) is 4.79 Å². The topological polar surface area (TPSA) is 77.8 Å². The van der Waals surface area contributed by atoms with E-state index in [1.807, 2.05) is 0 Å². The predicted octanol–water partition coefficient (Wildman–Crippen LogP) is 1.52. The fourth-order valence-electron chi connectivity index (χ4n) is 1.92. The van der Waals surface area contributed by atoms with Crippen LogP contribution in [0.1, 0.15) is 24.0 Å². The molecule has 1 fully saturated rings. The summed E-state index contributed by atoms with van der Waals surface area (Å²) in [6.45, 7) is 1.73. The number of phenolic OH excluding ortho intramolecular Hbond substituents is 2. The Hall–Kier alpha value is -1.71. The van der Waals surface area contributed by atoms with Crippen LogP contribution >= 0.6 is 0 Å². The van der Waals surface area contributed by atoms with Crippen molar-refractivity contribution in [1.82, 2.24) is 0 Å². The molecular formula is C11H12O4. The Morgan fingerprint density at radius 2 is 1.80 bits per heavy atom. The van der Waals surface area contributed by atoms with Gasteiger partial charge in [0.2, 0.25) is 0 Å². The molecule has 0 spiro atoms. The van der Waals surface area contributed by atoms with Gasteiger partial charge in [-0.2, -0.15) is 0 Å². The molecule has 0 aromatic heterocycles. The maximum absolute atomic E-state index is 11.1. The molecule has 3 N–H and O–H groups in total. The Morgan fingerprint density at radius 3 is 2.27 bits per heavy atom. The largest absolute Gasteiger partial charge is 0.504 e. The Kier molecular flexibility index (Phi) is 1.89. The van der Waals surface area contributed by atoms with Crippen molar-refractivity contribution in [2.45, 2.75) is 25.2 Å². The zero-order chi connectivity index (χ0) is 11.2. The number of carboxylic acid groups (broad SMARTS) is 1. The maximum atomic E-state index is 11.1. The molecule has 0 unspecified atom stereocenters. The molecule has 1 aromatic carbocycles. The number of aryl methyl sites for hydroxylation is 1. The van der Waals surface area contributed by atoms with Gasteiger partial charge in [0.25, 0.3) is 0 Å². The maximum Gasteiger partial charge on any atom is 0.314 e. The molecular weight excluding hydrogens is 196 g/mol. The molecule has 80 valence electrons. The first-order valence-corrected chi connectivity index (χ1v) is 4.74. The third kappa shape index (κ3) is 1.33. The third-order valence-corrected chi connectivity index (χ3v) is 3.00. The minimum atomic E-state index is -0.865. The van der Waals surface area contributed by atoms with E-state index in [0.29, 0.717) is 24.0 Å². The van der Waals surface area contributed by atoms with Crippen molar-refractivity contribution < 1.29 is 20.1 Å². The van der Waals surface area contributed by atoms with Crippen molar-refractivity contribution >= 4 is 5.97 Å². The quantitative estimate of drug-likeness (QED) is 0.644. The number of carboxylic acids is 1. The van der Waals surface area contributed by atoms with Crippen molar-refractivity contribution in [2.24, 2.45) is 0 Å². The number of hydrogen-bond donors (Lipinski definition) is 3. The second-order valence-corrected chi connectivity index (χ2v) is 4.04. The first-order valence-electron chi connectivity index (χ1n) is 4.74. The molecule has 0 saturated heterocycles. The summed E-state index contributed by atoms with van der Waals surface area (Å²) in [7, 11) is 0. The van der Waals surface area contributed by atoms with E-state index in [2.05, 4.69) is 0 Å². The van der Waals surface area contributed by atoms with Crippen LogP contribution in [0.15, 0.2) is 12.1 Å². The Labute approximate surface area is 86.8 Å². The number of aromatic hydroxyl groups is 2. The van der Waals surface area contributed by atoms with Crippen LogP contribution in [0.4, 0.5) is 0 Å². The van der Waals surface area contributed by atoms with E-state index >= 15 is 0 Å². The fourth-order valence-corrected chi connectivity index (χ4v) is 1.92. The summed E-state index contributed by atoms with van der Waals surface area (Å²) in [6.07, 6.45) is 1.18. The van der Waals surface area contributed by atoms with Gasteiger partial charge in [-0.15, -0.1) is 0 Å². The molecule has 0 atom stereocenters. The van der Waals surface area contributed by atoms with Crippen LogP contribution in [-0.4, -0.2) is 21.3 Å². The van der Waals surface area contributed by atoms with Crippen molar-refractivity contribution in [3.05, 3.63) is 23.3 Å². The van der Waals surface area contributed by atoms with Crippen LogP contribution in [0.5, 0.6) is 11.5 Å². The first kappa shape index (κ1) is 9.83. The zero-order valence-corrected chi connectivity index (χ0v) is 8.32. The summed E-state index contributed by atoms with van der Waals surface area (Å²) in [5.74, 6) is -1.34. The first-order chi connectivity index (χ1) is 6.97. The molecule has 0 amide bonds. The van der Waals surface area contributed by atoms with Crippen LogP contribution in [0.25, 0.3) is 0 Å². The van der Waals surface area contributed by atoms with Gasteiger partial charge in [0.1, 0.15) is 0 Å². The lowest BCUT2D eigenvalue weighted by Crippen LogP contribution is -2.20. The van der Waals surface area contributed by atoms with Crippen molar-refractivity contribution in [3.63, 3.8) is 0 Å². The number of phenols is 2. The summed E-state index contributed by atoms with van der Waals surface area (Å²) in [5, 5.41) is 27.7. The SMILES string of the molecule is Cc1cc(O)c(O)cc1C1(C(=O)O)CC1. The highest BCUT2D eigenvalue weighted by atomic mass is 16.4. The molecule has 15 heavy (non-hydrogen) atoms. The summed E-state index contributed by atoms with van der Waals surface area (Å²) in [4.78, 5) is 11.1. The molecule has 2 rings (SSSR count). The van der Waals surface area contributed by atoms with Crippen molar-refractivity contribution in [1.29, 1.82) is 0 Å². The van der Waals surface area contributed by atoms with Crippen molar-refractivity contribution in [3.8, 4) is 11.5 Å². The number of rotatable bonds is 2. The minimum Gasteiger partial charge on any atom is -0.504 e. The van der Waals surface area contributed by atoms with E-state index in [1.165, 1.54) is 12.1 Å². The summed E-state index contributed by atoms with van der Waals surface area (Å²) in [5.41, 5.74) is 0.463. The fraction of sp³-hybridized carbons (Fsp3) is 0.364. The summed E-state index contributed by atoms with van der Waals surface area (Å²) < 4.78 is 0. The normalized spacial score (nSPS) is 17.4. The van der Waals surface area contributed by atoms with E-state index < -0.39 is 11.4 Å². The molecule has 4 heteroatoms. The van der Waals surface area contributed by atoms with Gasteiger partial charge < -0.3 is 15.3 Å². The van der Waals surface area contributed by atoms with E-state index in [9.17, 15) is 15.0 Å². The van der Waals surface area contributed by atoms with Crippen LogP contribution in [-0.2, 0) is 10.2 Å². The smallest absolute Gasteiger partial charge is 0.314 e. The zero-order valence-electron chi connectivity index (χ0n) is 8.32. The van der Waals surface area contributed by atoms with Gasteiger partial charge in [0, 0.05) is 0 Å². The Morgan fingerprint density at radius 1 is 1.27 bits per heavy atom. The molecule has 0 radical (unpaired) electrons. The number of carbonyl (C=O) groups is 1. The predicted molar refractivity (Wildman–Crippen MR) is 53.1 cm³/mol. The van der Waals surface area contributed by atoms with Crippen molar-refractivity contribution in [2.75, 3.05) is 0 Å².